The van der Waals surface area contributed by atoms with Crippen molar-refractivity contribution in [1.82, 2.24) is 0 Å². The fourth-order valence-corrected chi connectivity index (χ4v) is 1.19. The van der Waals surface area contributed by atoms with Crippen molar-refractivity contribution in [1.29, 1.82) is 0 Å². The Morgan fingerprint density at radius 2 is 1.60 bits per heavy atom. The number of halogens is 1. The molecule has 1 nitrogen and oxygen atoms in total. The van der Waals surface area contributed by atoms with E-state index in [1.807, 2.05) is 30.3 Å². The van der Waals surface area contributed by atoms with Gasteiger partial charge in [-0.3, -0.25) is 0 Å². The van der Waals surface area contributed by atoms with E-state index in [4.69, 9.17) is 11.6 Å². The van der Waals surface area contributed by atoms with Gasteiger partial charge < -0.3 is 4.48 Å². The van der Waals surface area contributed by atoms with Gasteiger partial charge in [0.25, 0.3) is 0 Å². The molecule has 0 fully saturated rings. The van der Waals surface area contributed by atoms with E-state index in [1.54, 1.807) is 0 Å². The molecule has 1 aromatic carbocycles. The normalized spacial score (nSPS) is 10.5. The fourth-order valence-electron chi connectivity index (χ4n) is 1.05. The molecule has 0 saturated heterocycles. The van der Waals surface area contributed by atoms with Gasteiger partial charge >= 0.3 is 0 Å². The van der Waals surface area contributed by atoms with Crippen LogP contribution in [-0.4, -0.2) is 32.2 Å². The van der Waals surface area contributed by atoms with Gasteiger partial charge in [-0.2, -0.15) is 0 Å². The first-order chi connectivity index (χ1) is 6.95. The molecule has 0 radical (unpaired) electrons. The topological polar surface area (TPSA) is 0 Å². The lowest BCUT2D eigenvalue weighted by atomic mass is 10.3. The van der Waals surface area contributed by atoms with Gasteiger partial charge in [0.15, 0.2) is 0 Å². The van der Waals surface area contributed by atoms with Crippen molar-refractivity contribution in [3.8, 4) is 0 Å². The van der Waals surface area contributed by atoms with Crippen LogP contribution in [0.4, 0.5) is 0 Å². The molecule has 1 aromatic rings. The zero-order valence-electron chi connectivity index (χ0n) is 10.3. The lowest BCUT2D eigenvalue weighted by Crippen LogP contribution is -2.35. The van der Waals surface area contributed by atoms with E-state index in [1.165, 1.54) is 19.4 Å². The first kappa shape index (κ1) is 14.5. The molecule has 0 bridgehead atoms. The van der Waals surface area contributed by atoms with E-state index < -0.39 is 0 Å². The summed E-state index contributed by atoms with van der Waals surface area (Å²) < 4.78 is 1.10. The first-order valence-corrected chi connectivity index (χ1v) is 5.84. The maximum absolute atomic E-state index is 5.54. The fraction of sp³-hybridized carbons (Fsp3) is 0.538. The maximum Gasteiger partial charge on any atom is 0.0780 e. The third-order valence-electron chi connectivity index (χ3n) is 1.92. The zero-order valence-corrected chi connectivity index (χ0v) is 11.1. The Labute approximate surface area is 99.3 Å². The summed E-state index contributed by atoms with van der Waals surface area (Å²) in [7, 11) is 6.70. The quantitative estimate of drug-likeness (QED) is 0.690. The number of hydrogen-bond acceptors (Lipinski definition) is 0. The van der Waals surface area contributed by atoms with Crippen LogP contribution in [0.15, 0.2) is 30.3 Å². The summed E-state index contributed by atoms with van der Waals surface area (Å²) in [5.74, 6) is 0. The molecule has 0 atom stereocenters. The minimum Gasteiger partial charge on any atom is -0.331 e. The SMILES string of the molecule is CCCC[N+](C)(C)C.Clc1ccccc1. The Hall–Kier alpha value is -0.530. The minimum absolute atomic E-state index is 0.794. The molecule has 0 spiro atoms. The highest BCUT2D eigenvalue weighted by molar-refractivity contribution is 6.30. The number of nitrogens with zero attached hydrogens (tertiary/aromatic N) is 1. The molecule has 15 heavy (non-hydrogen) atoms. The van der Waals surface area contributed by atoms with Crippen LogP contribution in [-0.2, 0) is 0 Å². The van der Waals surface area contributed by atoms with Crippen molar-refractivity contribution >= 4 is 11.6 Å². The molecular formula is C13H23ClN+. The second kappa shape index (κ2) is 7.72. The van der Waals surface area contributed by atoms with Gasteiger partial charge in [-0.05, 0) is 18.6 Å². The standard InChI is InChI=1S/C7H18N.C6H5Cl/c1-5-6-7-8(2,3)4;7-6-4-2-1-3-5-6/h5-7H2,1-4H3;1-5H/q+1;. The molecule has 0 aliphatic rings. The smallest absolute Gasteiger partial charge is 0.0780 e. The monoisotopic (exact) mass is 228 g/mol. The summed E-state index contributed by atoms with van der Waals surface area (Å²) in [6.07, 6.45) is 2.67. The summed E-state index contributed by atoms with van der Waals surface area (Å²) in [4.78, 5) is 0. The van der Waals surface area contributed by atoms with Gasteiger partial charge in [-0.1, -0.05) is 43.1 Å². The van der Waals surface area contributed by atoms with Gasteiger partial charge in [0.05, 0.1) is 27.7 Å². The third-order valence-corrected chi connectivity index (χ3v) is 2.17. The molecule has 1 rings (SSSR count). The predicted octanol–water partition coefficient (Wildman–Crippen LogP) is 3.83. The van der Waals surface area contributed by atoms with Gasteiger partial charge in [0, 0.05) is 5.02 Å². The van der Waals surface area contributed by atoms with Crippen LogP contribution in [0.2, 0.25) is 5.02 Å². The third kappa shape index (κ3) is 11.4. The number of rotatable bonds is 3. The van der Waals surface area contributed by atoms with Crippen molar-refractivity contribution < 1.29 is 4.48 Å². The van der Waals surface area contributed by atoms with Crippen molar-refractivity contribution in [2.75, 3.05) is 27.7 Å². The van der Waals surface area contributed by atoms with E-state index >= 15 is 0 Å². The maximum atomic E-state index is 5.54. The lowest BCUT2D eigenvalue weighted by Gasteiger charge is -2.23. The van der Waals surface area contributed by atoms with E-state index in [-0.39, 0.29) is 0 Å². The average Bonchev–Trinajstić information content (AvgIpc) is 2.16. The molecule has 0 unspecified atom stereocenters. The van der Waals surface area contributed by atoms with Gasteiger partial charge in [-0.15, -0.1) is 0 Å². The molecule has 0 N–H and O–H groups in total. The van der Waals surface area contributed by atoms with E-state index in [2.05, 4.69) is 28.1 Å². The summed E-state index contributed by atoms with van der Waals surface area (Å²) in [6, 6.07) is 9.44. The van der Waals surface area contributed by atoms with Crippen LogP contribution >= 0.6 is 11.6 Å². The minimum atomic E-state index is 0.794. The number of benzene rings is 1. The number of hydrogen-bond donors (Lipinski definition) is 0. The molecule has 2 heteroatoms. The zero-order chi connectivity index (χ0) is 11.7. The van der Waals surface area contributed by atoms with Crippen molar-refractivity contribution in [2.45, 2.75) is 19.8 Å². The van der Waals surface area contributed by atoms with E-state index in [9.17, 15) is 0 Å². The van der Waals surface area contributed by atoms with E-state index in [0.717, 1.165) is 9.51 Å². The molecule has 0 saturated carbocycles. The van der Waals surface area contributed by atoms with Crippen molar-refractivity contribution in [3.63, 3.8) is 0 Å². The van der Waals surface area contributed by atoms with Crippen LogP contribution in [0, 0.1) is 0 Å². The second-order valence-corrected chi connectivity index (χ2v) is 5.10. The van der Waals surface area contributed by atoms with Crippen LogP contribution in [0.3, 0.4) is 0 Å². The van der Waals surface area contributed by atoms with E-state index in [0.29, 0.717) is 0 Å². The number of quaternary nitrogens is 1. The largest absolute Gasteiger partial charge is 0.331 e. The molecule has 0 aromatic heterocycles. The van der Waals surface area contributed by atoms with Crippen LogP contribution < -0.4 is 0 Å². The molecule has 0 aliphatic heterocycles. The Kier molecular flexibility index (Phi) is 7.45. The average molecular weight is 229 g/mol. The number of unbranched alkanes of at least 4 members (excludes halogenated alkanes) is 1. The molecule has 0 heterocycles. The van der Waals surface area contributed by atoms with Gasteiger partial charge in [0.1, 0.15) is 0 Å². The van der Waals surface area contributed by atoms with Crippen molar-refractivity contribution in [3.05, 3.63) is 35.4 Å². The molecular weight excluding hydrogens is 206 g/mol. The molecule has 0 amide bonds. The predicted molar refractivity (Wildman–Crippen MR) is 69.3 cm³/mol. The summed E-state index contributed by atoms with van der Waals surface area (Å²) >= 11 is 5.54. The Morgan fingerprint density at radius 3 is 1.80 bits per heavy atom. The summed E-state index contributed by atoms with van der Waals surface area (Å²) in [6.45, 7) is 3.53. The highest BCUT2D eigenvalue weighted by atomic mass is 35.5. The Bertz CT molecular complexity index is 238. The second-order valence-electron chi connectivity index (χ2n) is 4.66. The highest BCUT2D eigenvalue weighted by Crippen LogP contribution is 2.03. The van der Waals surface area contributed by atoms with Crippen LogP contribution in [0.25, 0.3) is 0 Å². The van der Waals surface area contributed by atoms with Crippen molar-refractivity contribution in [2.24, 2.45) is 0 Å². The lowest BCUT2D eigenvalue weighted by molar-refractivity contribution is -0.870. The highest BCUT2D eigenvalue weighted by Gasteiger charge is 2.02. The van der Waals surface area contributed by atoms with Gasteiger partial charge in [-0.25, -0.2) is 0 Å². The molecule has 86 valence electrons. The van der Waals surface area contributed by atoms with Crippen LogP contribution in [0.1, 0.15) is 19.8 Å². The van der Waals surface area contributed by atoms with Crippen LogP contribution in [0.5, 0.6) is 0 Å². The summed E-state index contributed by atoms with van der Waals surface area (Å²) in [5.41, 5.74) is 0. The summed E-state index contributed by atoms with van der Waals surface area (Å²) in [5, 5.41) is 0.794. The Morgan fingerprint density at radius 1 is 1.07 bits per heavy atom. The first-order valence-electron chi connectivity index (χ1n) is 5.46. The van der Waals surface area contributed by atoms with Gasteiger partial charge in [0.2, 0.25) is 0 Å². The Balaban J connectivity index is 0.000000262. The molecule has 0 aliphatic carbocycles.